The summed E-state index contributed by atoms with van der Waals surface area (Å²) in [6, 6.07) is 8.53. The van der Waals surface area contributed by atoms with Crippen LogP contribution in [-0.2, 0) is 6.42 Å². The second kappa shape index (κ2) is 3.59. The largest absolute Gasteiger partial charge is 0.396 e. The molecule has 1 aromatic carbocycles. The molecule has 0 fully saturated rings. The summed E-state index contributed by atoms with van der Waals surface area (Å²) in [6.07, 6.45) is 5.59. The highest BCUT2D eigenvalue weighted by Gasteiger charge is 2.25. The Morgan fingerprint density at radius 1 is 1.12 bits per heavy atom. The minimum Gasteiger partial charge on any atom is -0.396 e. The Hall–Kier alpha value is -1.90. The molecule has 3 heteroatoms. The van der Waals surface area contributed by atoms with Crippen molar-refractivity contribution in [3.63, 3.8) is 0 Å². The molecule has 1 heterocycles. The maximum Gasteiger partial charge on any atom is 0.135 e. The van der Waals surface area contributed by atoms with E-state index in [9.17, 15) is 0 Å². The molecule has 2 aromatic rings. The highest BCUT2D eigenvalue weighted by molar-refractivity contribution is 5.39. The topological polar surface area (TPSA) is 51.8 Å². The van der Waals surface area contributed by atoms with Crippen molar-refractivity contribution >= 4 is 5.69 Å². The Morgan fingerprint density at radius 2 is 1.88 bits per heavy atom. The van der Waals surface area contributed by atoms with Gasteiger partial charge in [-0.15, -0.1) is 0 Å². The van der Waals surface area contributed by atoms with E-state index in [1.807, 2.05) is 0 Å². The number of anilines is 1. The Kier molecular flexibility index (Phi) is 2.10. The molecular weight excluding hydrogens is 198 g/mol. The van der Waals surface area contributed by atoms with Crippen LogP contribution in [0.2, 0.25) is 0 Å². The van der Waals surface area contributed by atoms with E-state index in [0.29, 0.717) is 11.6 Å². The quantitative estimate of drug-likeness (QED) is 0.786. The average molecular weight is 211 g/mol. The van der Waals surface area contributed by atoms with Gasteiger partial charge in [-0.05, 0) is 24.0 Å². The summed E-state index contributed by atoms with van der Waals surface area (Å²) in [5.74, 6) is 1.23. The third-order valence-corrected chi connectivity index (χ3v) is 3.14. The predicted molar refractivity (Wildman–Crippen MR) is 63.1 cm³/mol. The highest BCUT2D eigenvalue weighted by atomic mass is 14.9. The summed E-state index contributed by atoms with van der Waals surface area (Å²) in [5.41, 5.74) is 9.01. The summed E-state index contributed by atoms with van der Waals surface area (Å²) in [7, 11) is 0. The maximum absolute atomic E-state index is 5.59. The minimum absolute atomic E-state index is 0.344. The fourth-order valence-corrected chi connectivity index (χ4v) is 2.35. The molecule has 0 amide bonds. The molecule has 0 radical (unpaired) electrons. The zero-order valence-corrected chi connectivity index (χ0v) is 8.93. The van der Waals surface area contributed by atoms with Crippen LogP contribution in [0.5, 0.6) is 0 Å². The van der Waals surface area contributed by atoms with Crippen LogP contribution in [0.1, 0.15) is 29.3 Å². The number of aromatic nitrogens is 2. The lowest BCUT2D eigenvalue weighted by molar-refractivity contribution is 0.729. The van der Waals surface area contributed by atoms with Gasteiger partial charge >= 0.3 is 0 Å². The normalized spacial score (nSPS) is 18.4. The lowest BCUT2D eigenvalue weighted by atomic mass is 10.0. The van der Waals surface area contributed by atoms with Crippen molar-refractivity contribution in [1.82, 2.24) is 9.97 Å². The second-order valence-corrected chi connectivity index (χ2v) is 4.16. The molecule has 0 spiro atoms. The van der Waals surface area contributed by atoms with Crippen LogP contribution in [0.4, 0.5) is 5.69 Å². The third-order valence-electron chi connectivity index (χ3n) is 3.14. The second-order valence-electron chi connectivity index (χ2n) is 4.16. The standard InChI is InChI=1S/C13H13N3/c14-10-7-15-13(16-8-10)12-6-5-9-3-1-2-4-11(9)12/h1-4,7-8,12H,5-6,14H2. The number of fused-ring (bicyclic) bond motifs is 1. The molecule has 1 atom stereocenters. The number of aryl methyl sites for hydroxylation is 1. The molecule has 16 heavy (non-hydrogen) atoms. The van der Waals surface area contributed by atoms with Gasteiger partial charge in [-0.25, -0.2) is 9.97 Å². The Balaban J connectivity index is 2.01. The first-order chi connectivity index (χ1) is 7.84. The van der Waals surface area contributed by atoms with Crippen molar-refractivity contribution in [3.05, 3.63) is 53.6 Å². The molecule has 0 aliphatic heterocycles. The molecule has 1 aliphatic carbocycles. The van der Waals surface area contributed by atoms with Crippen molar-refractivity contribution in [2.45, 2.75) is 18.8 Å². The number of nitrogens with zero attached hydrogens (tertiary/aromatic N) is 2. The smallest absolute Gasteiger partial charge is 0.135 e. The number of nitrogen functional groups attached to an aromatic ring is 1. The number of hydrogen-bond donors (Lipinski definition) is 1. The van der Waals surface area contributed by atoms with Gasteiger partial charge in [-0.1, -0.05) is 24.3 Å². The van der Waals surface area contributed by atoms with E-state index in [0.717, 1.165) is 18.7 Å². The highest BCUT2D eigenvalue weighted by Crippen LogP contribution is 2.36. The first kappa shape index (κ1) is 9.33. The molecule has 0 saturated heterocycles. The van der Waals surface area contributed by atoms with Crippen LogP contribution in [0.15, 0.2) is 36.7 Å². The third kappa shape index (κ3) is 1.45. The van der Waals surface area contributed by atoms with Gasteiger partial charge in [0, 0.05) is 5.92 Å². The molecule has 0 bridgehead atoms. The van der Waals surface area contributed by atoms with E-state index < -0.39 is 0 Å². The number of rotatable bonds is 1. The summed E-state index contributed by atoms with van der Waals surface area (Å²) >= 11 is 0. The fourth-order valence-electron chi connectivity index (χ4n) is 2.35. The van der Waals surface area contributed by atoms with Crippen LogP contribution in [0, 0.1) is 0 Å². The summed E-state index contributed by atoms with van der Waals surface area (Å²) in [4.78, 5) is 8.65. The lowest BCUT2D eigenvalue weighted by Crippen LogP contribution is -2.03. The SMILES string of the molecule is Nc1cnc(C2CCc3ccccc32)nc1. The predicted octanol–water partition coefficient (Wildman–Crippen LogP) is 2.14. The lowest BCUT2D eigenvalue weighted by Gasteiger charge is -2.09. The van der Waals surface area contributed by atoms with E-state index in [4.69, 9.17) is 5.73 Å². The van der Waals surface area contributed by atoms with Gasteiger partial charge < -0.3 is 5.73 Å². The molecule has 2 N–H and O–H groups in total. The van der Waals surface area contributed by atoms with E-state index in [-0.39, 0.29) is 0 Å². The van der Waals surface area contributed by atoms with Crippen molar-refractivity contribution in [1.29, 1.82) is 0 Å². The Bertz CT molecular complexity index is 505. The average Bonchev–Trinajstić information content (AvgIpc) is 2.74. The summed E-state index contributed by atoms with van der Waals surface area (Å²) in [5, 5.41) is 0. The molecule has 1 aliphatic rings. The zero-order chi connectivity index (χ0) is 11.0. The first-order valence-corrected chi connectivity index (χ1v) is 5.50. The Labute approximate surface area is 94.4 Å². The van der Waals surface area contributed by atoms with Crippen molar-refractivity contribution in [2.75, 3.05) is 5.73 Å². The molecule has 80 valence electrons. The van der Waals surface area contributed by atoms with Gasteiger partial charge in [-0.3, -0.25) is 0 Å². The molecule has 3 nitrogen and oxygen atoms in total. The van der Waals surface area contributed by atoms with Gasteiger partial charge in [-0.2, -0.15) is 0 Å². The number of nitrogens with two attached hydrogens (primary N) is 1. The molecule has 0 saturated carbocycles. The van der Waals surface area contributed by atoms with E-state index in [1.165, 1.54) is 11.1 Å². The first-order valence-electron chi connectivity index (χ1n) is 5.50. The van der Waals surface area contributed by atoms with Gasteiger partial charge in [0.25, 0.3) is 0 Å². The van der Waals surface area contributed by atoms with Crippen LogP contribution in [-0.4, -0.2) is 9.97 Å². The minimum atomic E-state index is 0.344. The molecule has 1 aromatic heterocycles. The van der Waals surface area contributed by atoms with Crippen LogP contribution in [0.3, 0.4) is 0 Å². The monoisotopic (exact) mass is 211 g/mol. The van der Waals surface area contributed by atoms with Gasteiger partial charge in [0.05, 0.1) is 18.1 Å². The van der Waals surface area contributed by atoms with Gasteiger partial charge in [0.1, 0.15) is 5.82 Å². The maximum atomic E-state index is 5.59. The van der Waals surface area contributed by atoms with E-state index in [2.05, 4.69) is 34.2 Å². The van der Waals surface area contributed by atoms with Gasteiger partial charge in [0.15, 0.2) is 0 Å². The summed E-state index contributed by atoms with van der Waals surface area (Å²) in [6.45, 7) is 0. The van der Waals surface area contributed by atoms with Crippen LogP contribution >= 0.6 is 0 Å². The zero-order valence-electron chi connectivity index (χ0n) is 8.93. The van der Waals surface area contributed by atoms with Crippen molar-refractivity contribution in [3.8, 4) is 0 Å². The van der Waals surface area contributed by atoms with Gasteiger partial charge in [0.2, 0.25) is 0 Å². The number of benzene rings is 1. The van der Waals surface area contributed by atoms with Crippen molar-refractivity contribution in [2.24, 2.45) is 0 Å². The summed E-state index contributed by atoms with van der Waals surface area (Å²) < 4.78 is 0. The molecular formula is C13H13N3. The van der Waals surface area contributed by atoms with E-state index in [1.54, 1.807) is 12.4 Å². The molecule has 1 unspecified atom stereocenters. The van der Waals surface area contributed by atoms with Crippen LogP contribution in [0.25, 0.3) is 0 Å². The fraction of sp³-hybridized carbons (Fsp3) is 0.231. The van der Waals surface area contributed by atoms with Crippen molar-refractivity contribution < 1.29 is 0 Å². The number of hydrogen-bond acceptors (Lipinski definition) is 3. The molecule has 3 rings (SSSR count). The Morgan fingerprint density at radius 3 is 2.69 bits per heavy atom. The van der Waals surface area contributed by atoms with E-state index >= 15 is 0 Å². The van der Waals surface area contributed by atoms with Crippen LogP contribution < -0.4 is 5.73 Å².